The number of hydrogen-bond donors (Lipinski definition) is 1. The van der Waals surface area contributed by atoms with Crippen LogP contribution in [-0.2, 0) is 11.7 Å². The lowest BCUT2D eigenvalue weighted by molar-refractivity contribution is -0.137. The van der Waals surface area contributed by atoms with Crippen molar-refractivity contribution in [1.82, 2.24) is 20.2 Å². The monoisotopic (exact) mass is 415 g/mol. The number of aromatic nitrogens is 4. The molecule has 4 rings (SSSR count). The molecule has 3 aromatic rings. The van der Waals surface area contributed by atoms with Gasteiger partial charge < -0.3 is 5.32 Å². The summed E-state index contributed by atoms with van der Waals surface area (Å²) in [6.07, 6.45) is 0.0779. The normalized spacial score (nSPS) is 16.4. The molecule has 2 aromatic carbocycles. The van der Waals surface area contributed by atoms with E-state index in [-0.39, 0.29) is 0 Å². The number of nitrogens with zero attached hydrogens (tertiary/aromatic N) is 4. The SMILES string of the molecule is Cc1cccc(C)c1-n1nnnc1C1(Nc2cccc(C(F)(F)F)c2)CCCCC1. The third kappa shape index (κ3) is 3.78. The Morgan fingerprint density at radius 3 is 2.30 bits per heavy atom. The van der Waals surface area contributed by atoms with Crippen LogP contribution in [0.25, 0.3) is 5.69 Å². The van der Waals surface area contributed by atoms with E-state index in [2.05, 4.69) is 20.8 Å². The summed E-state index contributed by atoms with van der Waals surface area (Å²) in [5.74, 6) is 0.636. The molecule has 158 valence electrons. The summed E-state index contributed by atoms with van der Waals surface area (Å²) in [6, 6.07) is 11.3. The largest absolute Gasteiger partial charge is 0.416 e. The minimum absolute atomic E-state index is 0.419. The van der Waals surface area contributed by atoms with E-state index in [1.54, 1.807) is 10.7 Å². The Balaban J connectivity index is 1.80. The summed E-state index contributed by atoms with van der Waals surface area (Å²) in [5.41, 5.74) is 2.09. The van der Waals surface area contributed by atoms with Crippen molar-refractivity contribution in [3.63, 3.8) is 0 Å². The number of nitrogens with one attached hydrogen (secondary N) is 1. The number of rotatable bonds is 4. The van der Waals surface area contributed by atoms with Crippen LogP contribution in [-0.4, -0.2) is 20.2 Å². The van der Waals surface area contributed by atoms with Crippen LogP contribution in [0.15, 0.2) is 42.5 Å². The van der Waals surface area contributed by atoms with Gasteiger partial charge in [0.05, 0.1) is 16.8 Å². The van der Waals surface area contributed by atoms with E-state index >= 15 is 0 Å². The van der Waals surface area contributed by atoms with E-state index < -0.39 is 17.3 Å². The second-order valence-electron chi connectivity index (χ2n) is 8.00. The molecule has 1 heterocycles. The van der Waals surface area contributed by atoms with Gasteiger partial charge in [-0.05, 0) is 66.4 Å². The fourth-order valence-corrected chi connectivity index (χ4v) is 4.39. The number of benzene rings is 2. The van der Waals surface area contributed by atoms with Gasteiger partial charge in [0.25, 0.3) is 0 Å². The molecule has 1 aromatic heterocycles. The van der Waals surface area contributed by atoms with Crippen molar-refractivity contribution in [2.24, 2.45) is 0 Å². The molecular weight excluding hydrogens is 391 g/mol. The van der Waals surface area contributed by atoms with E-state index in [1.807, 2.05) is 32.0 Å². The number of halogens is 3. The van der Waals surface area contributed by atoms with Crippen molar-refractivity contribution < 1.29 is 13.2 Å². The van der Waals surface area contributed by atoms with Crippen LogP contribution in [0, 0.1) is 13.8 Å². The summed E-state index contributed by atoms with van der Waals surface area (Å²) in [6.45, 7) is 4.00. The lowest BCUT2D eigenvalue weighted by Gasteiger charge is -2.38. The minimum atomic E-state index is -4.39. The Bertz CT molecular complexity index is 1010. The molecule has 0 unspecified atom stereocenters. The Morgan fingerprint density at radius 1 is 0.967 bits per heavy atom. The highest BCUT2D eigenvalue weighted by Crippen LogP contribution is 2.41. The second kappa shape index (κ2) is 7.74. The predicted molar refractivity (Wildman–Crippen MR) is 108 cm³/mol. The summed E-state index contributed by atoms with van der Waals surface area (Å²) < 4.78 is 41.4. The highest BCUT2D eigenvalue weighted by molar-refractivity contribution is 5.51. The van der Waals surface area contributed by atoms with Gasteiger partial charge >= 0.3 is 6.18 Å². The molecule has 0 radical (unpaired) electrons. The van der Waals surface area contributed by atoms with Crippen molar-refractivity contribution in [2.45, 2.75) is 57.7 Å². The van der Waals surface area contributed by atoms with Gasteiger partial charge in [0.15, 0.2) is 5.82 Å². The van der Waals surface area contributed by atoms with Crippen LogP contribution in [0.5, 0.6) is 0 Å². The summed E-state index contributed by atoms with van der Waals surface area (Å²) in [7, 11) is 0. The zero-order valence-electron chi connectivity index (χ0n) is 17.0. The molecule has 8 heteroatoms. The highest BCUT2D eigenvalue weighted by atomic mass is 19.4. The maximum Gasteiger partial charge on any atom is 0.416 e. The Hall–Kier alpha value is -2.90. The first-order chi connectivity index (χ1) is 14.3. The molecule has 1 fully saturated rings. The fourth-order valence-electron chi connectivity index (χ4n) is 4.39. The van der Waals surface area contributed by atoms with E-state index in [4.69, 9.17) is 0 Å². The predicted octanol–water partition coefficient (Wildman–Crippen LogP) is 5.57. The molecule has 1 aliphatic rings. The van der Waals surface area contributed by atoms with Gasteiger partial charge in [-0.3, -0.25) is 0 Å². The van der Waals surface area contributed by atoms with Crippen molar-refractivity contribution in [2.75, 3.05) is 5.32 Å². The van der Waals surface area contributed by atoms with Crippen molar-refractivity contribution >= 4 is 5.69 Å². The Labute approximate surface area is 173 Å². The zero-order valence-corrected chi connectivity index (χ0v) is 17.0. The second-order valence-corrected chi connectivity index (χ2v) is 8.00. The molecule has 5 nitrogen and oxygen atoms in total. The molecule has 0 aliphatic heterocycles. The third-order valence-electron chi connectivity index (χ3n) is 5.83. The lowest BCUT2D eigenvalue weighted by Crippen LogP contribution is -2.40. The van der Waals surface area contributed by atoms with E-state index in [1.165, 1.54) is 6.07 Å². The fraction of sp³-hybridized carbons (Fsp3) is 0.409. The molecule has 0 atom stereocenters. The van der Waals surface area contributed by atoms with Crippen LogP contribution in [0.2, 0.25) is 0 Å². The average molecular weight is 415 g/mol. The van der Waals surface area contributed by atoms with Gasteiger partial charge in [-0.2, -0.15) is 17.9 Å². The molecule has 0 spiro atoms. The van der Waals surface area contributed by atoms with Crippen LogP contribution in [0.4, 0.5) is 18.9 Å². The average Bonchev–Trinajstić information content (AvgIpc) is 3.18. The van der Waals surface area contributed by atoms with Gasteiger partial charge in [0, 0.05) is 5.69 Å². The highest BCUT2D eigenvalue weighted by Gasteiger charge is 2.40. The smallest absolute Gasteiger partial charge is 0.373 e. The number of anilines is 1. The number of tetrazole rings is 1. The van der Waals surface area contributed by atoms with E-state index in [9.17, 15) is 13.2 Å². The first-order valence-electron chi connectivity index (χ1n) is 10.1. The van der Waals surface area contributed by atoms with Crippen molar-refractivity contribution in [3.05, 3.63) is 65.0 Å². The molecular formula is C22H24F3N5. The van der Waals surface area contributed by atoms with E-state index in [0.717, 1.165) is 61.1 Å². The standard InChI is InChI=1S/C22H24F3N5/c1-15-8-6-9-16(2)19(15)30-20(27-28-29-30)21(12-4-3-5-13-21)26-18-11-7-10-17(14-18)22(23,24)25/h6-11,14,26H,3-5,12-13H2,1-2H3. The topological polar surface area (TPSA) is 55.6 Å². The van der Waals surface area contributed by atoms with Gasteiger partial charge in [-0.15, -0.1) is 5.10 Å². The number of alkyl halides is 3. The van der Waals surface area contributed by atoms with Crippen LogP contribution in [0.1, 0.15) is 54.6 Å². The Morgan fingerprint density at radius 2 is 1.63 bits per heavy atom. The lowest BCUT2D eigenvalue weighted by atomic mass is 9.80. The zero-order chi connectivity index (χ0) is 21.4. The third-order valence-corrected chi connectivity index (χ3v) is 5.83. The van der Waals surface area contributed by atoms with Crippen molar-refractivity contribution in [1.29, 1.82) is 0 Å². The van der Waals surface area contributed by atoms with Gasteiger partial charge in [0.2, 0.25) is 0 Å². The molecule has 1 aliphatic carbocycles. The van der Waals surface area contributed by atoms with E-state index in [0.29, 0.717) is 11.5 Å². The quantitative estimate of drug-likeness (QED) is 0.605. The van der Waals surface area contributed by atoms with Crippen LogP contribution in [0.3, 0.4) is 0 Å². The Kier molecular flexibility index (Phi) is 5.26. The first-order valence-corrected chi connectivity index (χ1v) is 10.1. The number of para-hydroxylation sites is 1. The van der Waals surface area contributed by atoms with Crippen molar-refractivity contribution in [3.8, 4) is 5.69 Å². The summed E-state index contributed by atoms with van der Waals surface area (Å²) >= 11 is 0. The maximum absolute atomic E-state index is 13.2. The number of aryl methyl sites for hydroxylation is 2. The first kappa shape index (κ1) is 20.4. The molecule has 0 amide bonds. The molecule has 30 heavy (non-hydrogen) atoms. The molecule has 0 saturated heterocycles. The molecule has 1 saturated carbocycles. The number of hydrogen-bond acceptors (Lipinski definition) is 4. The van der Waals surface area contributed by atoms with Gasteiger partial charge in [0.1, 0.15) is 0 Å². The van der Waals surface area contributed by atoms with Crippen LogP contribution < -0.4 is 5.32 Å². The maximum atomic E-state index is 13.2. The summed E-state index contributed by atoms with van der Waals surface area (Å²) in [4.78, 5) is 0. The molecule has 1 N–H and O–H groups in total. The van der Waals surface area contributed by atoms with Gasteiger partial charge in [-0.25, -0.2) is 0 Å². The van der Waals surface area contributed by atoms with Crippen LogP contribution >= 0.6 is 0 Å². The van der Waals surface area contributed by atoms with Gasteiger partial charge in [-0.1, -0.05) is 43.5 Å². The minimum Gasteiger partial charge on any atom is -0.373 e. The summed E-state index contributed by atoms with van der Waals surface area (Å²) in [5, 5.41) is 16.0. The molecule has 0 bridgehead atoms.